The Morgan fingerprint density at radius 2 is 2.24 bits per heavy atom. The first-order valence-corrected chi connectivity index (χ1v) is 5.98. The zero-order valence-electron chi connectivity index (χ0n) is 10.9. The zero-order valence-corrected chi connectivity index (χ0v) is 10.9. The second kappa shape index (κ2) is 5.08. The van der Waals surface area contributed by atoms with Gasteiger partial charge in [-0.25, -0.2) is 4.98 Å². The maximum Gasteiger partial charge on any atom is 0.311 e. The molecule has 3 aromatic rings. The molecule has 1 aromatic carbocycles. The zero-order chi connectivity index (χ0) is 14.8. The van der Waals surface area contributed by atoms with Crippen molar-refractivity contribution in [3.05, 3.63) is 46.7 Å². The number of nitrogens with zero attached hydrogens (tertiary/aromatic N) is 3. The summed E-state index contributed by atoms with van der Waals surface area (Å²) in [7, 11) is 1.38. The molecule has 0 saturated carbocycles. The van der Waals surface area contributed by atoms with Crippen LogP contribution in [0.15, 0.2) is 41.0 Å². The molecule has 0 aliphatic heterocycles. The maximum absolute atomic E-state index is 11.0. The number of H-pyrrole nitrogens is 1. The Bertz CT molecular complexity index is 779. The van der Waals surface area contributed by atoms with Gasteiger partial charge in [0.15, 0.2) is 23.2 Å². The number of ether oxygens (including phenoxy) is 1. The fraction of sp³-hybridized carbons (Fsp3) is 0.0769. The Kier molecular flexibility index (Phi) is 3.11. The summed E-state index contributed by atoms with van der Waals surface area (Å²) in [6.45, 7) is 0. The summed E-state index contributed by atoms with van der Waals surface area (Å²) in [5, 5.41) is 17.8. The standard InChI is InChI=1S/C13H10N4O4/c1-20-10-5-4-8(7-9(10)17(18)19)12-14-13(16-15-12)11-3-2-6-21-11/h2-7H,1H3,(H,14,15,16). The molecule has 0 aliphatic rings. The number of hydrogen-bond donors (Lipinski definition) is 1. The van der Waals surface area contributed by atoms with Gasteiger partial charge >= 0.3 is 5.69 Å². The topological polar surface area (TPSA) is 107 Å². The van der Waals surface area contributed by atoms with Crippen molar-refractivity contribution in [1.29, 1.82) is 0 Å². The first-order chi connectivity index (χ1) is 10.2. The van der Waals surface area contributed by atoms with Crippen LogP contribution in [0, 0.1) is 10.1 Å². The number of furan rings is 1. The van der Waals surface area contributed by atoms with Gasteiger partial charge in [0.05, 0.1) is 18.3 Å². The fourth-order valence-corrected chi connectivity index (χ4v) is 1.89. The molecule has 0 atom stereocenters. The molecule has 1 N–H and O–H groups in total. The highest BCUT2D eigenvalue weighted by Gasteiger charge is 2.18. The van der Waals surface area contributed by atoms with Gasteiger partial charge in [0, 0.05) is 11.6 Å². The van der Waals surface area contributed by atoms with Crippen LogP contribution in [0.3, 0.4) is 0 Å². The van der Waals surface area contributed by atoms with Crippen molar-refractivity contribution in [2.45, 2.75) is 0 Å². The molecule has 3 rings (SSSR count). The fourth-order valence-electron chi connectivity index (χ4n) is 1.89. The Labute approximate surface area is 118 Å². The van der Waals surface area contributed by atoms with Crippen LogP contribution in [-0.2, 0) is 0 Å². The lowest BCUT2D eigenvalue weighted by atomic mass is 10.2. The van der Waals surface area contributed by atoms with Crippen LogP contribution in [0.5, 0.6) is 5.75 Å². The van der Waals surface area contributed by atoms with E-state index < -0.39 is 4.92 Å². The van der Waals surface area contributed by atoms with Gasteiger partial charge in [-0.15, -0.1) is 0 Å². The predicted octanol–water partition coefficient (Wildman–Crippen LogP) is 2.65. The van der Waals surface area contributed by atoms with E-state index in [2.05, 4.69) is 15.2 Å². The first-order valence-electron chi connectivity index (χ1n) is 5.98. The lowest BCUT2D eigenvalue weighted by molar-refractivity contribution is -0.385. The predicted molar refractivity (Wildman–Crippen MR) is 72.7 cm³/mol. The van der Waals surface area contributed by atoms with E-state index in [1.54, 1.807) is 18.2 Å². The number of nitro benzene ring substituents is 1. The largest absolute Gasteiger partial charge is 0.490 e. The van der Waals surface area contributed by atoms with E-state index in [0.29, 0.717) is 23.0 Å². The highest BCUT2D eigenvalue weighted by molar-refractivity contribution is 5.64. The van der Waals surface area contributed by atoms with Crippen LogP contribution in [0.2, 0.25) is 0 Å². The number of benzene rings is 1. The molecule has 0 amide bonds. The van der Waals surface area contributed by atoms with Gasteiger partial charge in [-0.05, 0) is 24.3 Å². The number of rotatable bonds is 4. The monoisotopic (exact) mass is 286 g/mol. The minimum absolute atomic E-state index is 0.139. The smallest absolute Gasteiger partial charge is 0.311 e. The van der Waals surface area contributed by atoms with Crippen LogP contribution in [-0.4, -0.2) is 27.2 Å². The number of aromatic amines is 1. The van der Waals surface area contributed by atoms with Gasteiger partial charge in [0.25, 0.3) is 0 Å². The summed E-state index contributed by atoms with van der Waals surface area (Å²) >= 11 is 0. The van der Waals surface area contributed by atoms with Crippen molar-refractivity contribution in [2.75, 3.05) is 7.11 Å². The van der Waals surface area contributed by atoms with E-state index >= 15 is 0 Å². The summed E-state index contributed by atoms with van der Waals surface area (Å²) in [6, 6.07) is 8.00. The second-order valence-corrected chi connectivity index (χ2v) is 4.13. The van der Waals surface area contributed by atoms with E-state index in [9.17, 15) is 10.1 Å². The number of hydrogen-bond acceptors (Lipinski definition) is 6. The minimum Gasteiger partial charge on any atom is -0.490 e. The molecule has 0 unspecified atom stereocenters. The van der Waals surface area contributed by atoms with Gasteiger partial charge in [0.1, 0.15) is 0 Å². The summed E-state index contributed by atoms with van der Waals surface area (Å²) in [5.41, 5.74) is 0.371. The number of nitrogens with one attached hydrogen (secondary N) is 1. The molecule has 8 heteroatoms. The van der Waals surface area contributed by atoms with Gasteiger partial charge in [-0.2, -0.15) is 5.10 Å². The maximum atomic E-state index is 11.0. The van der Waals surface area contributed by atoms with Crippen molar-refractivity contribution in [3.8, 4) is 28.7 Å². The van der Waals surface area contributed by atoms with Crippen molar-refractivity contribution >= 4 is 5.69 Å². The third-order valence-corrected chi connectivity index (χ3v) is 2.87. The summed E-state index contributed by atoms with van der Waals surface area (Å²) in [4.78, 5) is 14.8. The molecule has 2 heterocycles. The third kappa shape index (κ3) is 2.34. The lowest BCUT2D eigenvalue weighted by Gasteiger charge is -2.02. The van der Waals surface area contributed by atoms with E-state index in [1.165, 1.54) is 25.5 Å². The van der Waals surface area contributed by atoms with E-state index in [1.807, 2.05) is 0 Å². The van der Waals surface area contributed by atoms with Gasteiger partial charge in [-0.3, -0.25) is 15.2 Å². The molecule has 0 saturated heterocycles. The Balaban J connectivity index is 2.01. The van der Waals surface area contributed by atoms with Gasteiger partial charge in [0.2, 0.25) is 0 Å². The molecule has 8 nitrogen and oxygen atoms in total. The molecule has 0 radical (unpaired) electrons. The number of methoxy groups -OCH3 is 1. The lowest BCUT2D eigenvalue weighted by Crippen LogP contribution is -1.94. The average Bonchev–Trinajstić information content (AvgIpc) is 3.17. The average molecular weight is 286 g/mol. The van der Waals surface area contributed by atoms with E-state index in [-0.39, 0.29) is 11.4 Å². The molecule has 21 heavy (non-hydrogen) atoms. The van der Waals surface area contributed by atoms with Crippen LogP contribution >= 0.6 is 0 Å². The molecule has 0 bridgehead atoms. The summed E-state index contributed by atoms with van der Waals surface area (Å²) < 4.78 is 10.2. The molecule has 106 valence electrons. The van der Waals surface area contributed by atoms with Crippen LogP contribution in [0.4, 0.5) is 5.69 Å². The normalized spacial score (nSPS) is 10.5. The Morgan fingerprint density at radius 3 is 2.90 bits per heavy atom. The van der Waals surface area contributed by atoms with E-state index in [0.717, 1.165) is 0 Å². The van der Waals surface area contributed by atoms with Gasteiger partial charge < -0.3 is 9.15 Å². The molecule has 2 aromatic heterocycles. The Hall–Kier alpha value is -3.16. The van der Waals surface area contributed by atoms with E-state index in [4.69, 9.17) is 9.15 Å². The summed E-state index contributed by atoms with van der Waals surface area (Å²) in [6.07, 6.45) is 1.52. The van der Waals surface area contributed by atoms with Crippen molar-refractivity contribution in [2.24, 2.45) is 0 Å². The molecule has 0 fully saturated rings. The Morgan fingerprint density at radius 1 is 1.38 bits per heavy atom. The molecular formula is C13H10N4O4. The van der Waals surface area contributed by atoms with Crippen LogP contribution < -0.4 is 4.74 Å². The van der Waals surface area contributed by atoms with Crippen molar-refractivity contribution < 1.29 is 14.1 Å². The first kappa shape index (κ1) is 12.9. The van der Waals surface area contributed by atoms with Crippen molar-refractivity contribution in [3.63, 3.8) is 0 Å². The van der Waals surface area contributed by atoms with Crippen LogP contribution in [0.1, 0.15) is 0 Å². The number of nitro groups is 1. The quantitative estimate of drug-likeness (QED) is 0.583. The SMILES string of the molecule is COc1ccc(-c2n[nH]c(-c3ccco3)n2)cc1[N+](=O)[O-]. The van der Waals surface area contributed by atoms with Crippen LogP contribution in [0.25, 0.3) is 23.0 Å². The highest BCUT2D eigenvalue weighted by atomic mass is 16.6. The highest BCUT2D eigenvalue weighted by Crippen LogP contribution is 2.31. The molecule has 0 aliphatic carbocycles. The molecular weight excluding hydrogens is 276 g/mol. The number of aromatic nitrogens is 3. The molecule has 0 spiro atoms. The summed E-state index contributed by atoms with van der Waals surface area (Å²) in [5.74, 6) is 1.52. The van der Waals surface area contributed by atoms with Crippen molar-refractivity contribution in [1.82, 2.24) is 15.2 Å². The van der Waals surface area contributed by atoms with Gasteiger partial charge in [-0.1, -0.05) is 0 Å². The third-order valence-electron chi connectivity index (χ3n) is 2.87. The second-order valence-electron chi connectivity index (χ2n) is 4.13. The minimum atomic E-state index is -0.511.